The van der Waals surface area contributed by atoms with E-state index in [9.17, 15) is 4.79 Å². The van der Waals surface area contributed by atoms with Crippen molar-refractivity contribution in [3.05, 3.63) is 46.2 Å². The summed E-state index contributed by atoms with van der Waals surface area (Å²) in [5, 5.41) is 10.7. The summed E-state index contributed by atoms with van der Waals surface area (Å²) in [5.74, 6) is -0.119. The second-order valence-corrected chi connectivity index (χ2v) is 5.89. The molecule has 0 radical (unpaired) electrons. The third kappa shape index (κ3) is 4.37. The van der Waals surface area contributed by atoms with Gasteiger partial charge in [-0.2, -0.15) is 0 Å². The van der Waals surface area contributed by atoms with Crippen molar-refractivity contribution in [2.75, 3.05) is 0 Å². The largest absolute Gasteiger partial charge is 0.348 e. The average Bonchev–Trinajstić information content (AvgIpc) is 2.87. The number of benzene rings is 1. The maximum atomic E-state index is 12.0. The van der Waals surface area contributed by atoms with Gasteiger partial charge in [0.25, 0.3) is 0 Å². The molecule has 2 rings (SSSR count). The zero-order valence-corrected chi connectivity index (χ0v) is 13.5. The highest BCUT2D eigenvalue weighted by atomic mass is 79.9. The summed E-state index contributed by atoms with van der Waals surface area (Å²) in [7, 11) is 0. The Hall–Kier alpha value is -1.73. The molecule has 3 N–H and O–H groups in total. The Labute approximate surface area is 131 Å². The van der Waals surface area contributed by atoms with Crippen LogP contribution >= 0.6 is 15.9 Å². The summed E-state index contributed by atoms with van der Waals surface area (Å²) in [6.45, 7) is 3.89. The van der Waals surface area contributed by atoms with Crippen molar-refractivity contribution in [2.24, 2.45) is 5.73 Å². The van der Waals surface area contributed by atoms with Crippen molar-refractivity contribution in [3.63, 3.8) is 0 Å². The number of carbonyl (C=O) groups is 1. The highest BCUT2D eigenvalue weighted by molar-refractivity contribution is 9.10. The van der Waals surface area contributed by atoms with Gasteiger partial charge in [-0.05, 0) is 31.5 Å². The molecule has 0 spiro atoms. The van der Waals surface area contributed by atoms with Gasteiger partial charge >= 0.3 is 0 Å². The molecule has 0 bridgehead atoms. The lowest BCUT2D eigenvalue weighted by atomic mass is 10.1. The van der Waals surface area contributed by atoms with Crippen LogP contribution in [0.5, 0.6) is 0 Å². The number of aromatic nitrogens is 3. The third-order valence-electron chi connectivity index (χ3n) is 3.08. The van der Waals surface area contributed by atoms with Crippen molar-refractivity contribution < 1.29 is 4.79 Å². The fraction of sp³-hybridized carbons (Fsp3) is 0.357. The maximum absolute atomic E-state index is 12.0. The van der Waals surface area contributed by atoms with Crippen LogP contribution in [0.3, 0.4) is 0 Å². The first-order valence-electron chi connectivity index (χ1n) is 6.66. The van der Waals surface area contributed by atoms with Crippen LogP contribution in [0.1, 0.15) is 37.2 Å². The molecule has 6 nitrogen and oxygen atoms in total. The van der Waals surface area contributed by atoms with Crippen molar-refractivity contribution in [2.45, 2.75) is 32.5 Å². The van der Waals surface area contributed by atoms with Crippen LogP contribution in [-0.2, 0) is 11.3 Å². The van der Waals surface area contributed by atoms with Gasteiger partial charge < -0.3 is 11.1 Å². The molecule has 2 unspecified atom stereocenters. The Morgan fingerprint density at radius 1 is 1.38 bits per heavy atom. The van der Waals surface area contributed by atoms with E-state index in [4.69, 9.17) is 5.73 Å². The molecule has 0 aliphatic carbocycles. The molecule has 0 saturated carbocycles. The number of rotatable bonds is 5. The van der Waals surface area contributed by atoms with Crippen LogP contribution in [0.15, 0.2) is 34.9 Å². The topological polar surface area (TPSA) is 85.8 Å². The lowest BCUT2D eigenvalue weighted by Crippen LogP contribution is -2.30. The summed E-state index contributed by atoms with van der Waals surface area (Å²) >= 11 is 3.39. The van der Waals surface area contributed by atoms with E-state index in [0.717, 1.165) is 10.0 Å². The molecule has 1 heterocycles. The number of nitrogens with one attached hydrogen (secondary N) is 1. The average molecular weight is 352 g/mol. The first kappa shape index (κ1) is 15.7. The van der Waals surface area contributed by atoms with Gasteiger partial charge in [-0.15, -0.1) is 5.10 Å². The van der Waals surface area contributed by atoms with Crippen LogP contribution in [0, 0.1) is 0 Å². The molecule has 0 aliphatic heterocycles. The quantitative estimate of drug-likeness (QED) is 0.861. The fourth-order valence-corrected chi connectivity index (χ4v) is 2.13. The monoisotopic (exact) mass is 351 g/mol. The van der Waals surface area contributed by atoms with Gasteiger partial charge in [0.1, 0.15) is 6.54 Å². The summed E-state index contributed by atoms with van der Waals surface area (Å²) < 4.78 is 2.50. The normalized spacial score (nSPS) is 13.7. The molecule has 2 aromatic rings. The van der Waals surface area contributed by atoms with Gasteiger partial charge in [-0.25, -0.2) is 4.68 Å². The number of amides is 1. The summed E-state index contributed by atoms with van der Waals surface area (Å²) in [6, 6.07) is 7.58. The van der Waals surface area contributed by atoms with Gasteiger partial charge in [-0.3, -0.25) is 4.79 Å². The minimum Gasteiger partial charge on any atom is -0.348 e. The summed E-state index contributed by atoms with van der Waals surface area (Å²) in [5.41, 5.74) is 7.42. The molecule has 1 aromatic heterocycles. The molecule has 0 saturated heterocycles. The van der Waals surface area contributed by atoms with Crippen LogP contribution < -0.4 is 11.1 Å². The van der Waals surface area contributed by atoms with Crippen LogP contribution in [0.4, 0.5) is 0 Å². The minimum atomic E-state index is -0.191. The number of nitrogens with two attached hydrogens (primary N) is 1. The second kappa shape index (κ2) is 6.82. The van der Waals surface area contributed by atoms with E-state index in [0.29, 0.717) is 5.69 Å². The second-order valence-electron chi connectivity index (χ2n) is 4.97. The molecule has 7 heteroatoms. The van der Waals surface area contributed by atoms with Gasteiger partial charge in [0, 0.05) is 10.5 Å². The predicted octanol–water partition coefficient (Wildman–Crippen LogP) is 1.94. The number of nitrogens with zero attached hydrogens (tertiary/aromatic N) is 3. The van der Waals surface area contributed by atoms with Crippen LogP contribution in [-0.4, -0.2) is 20.9 Å². The Morgan fingerprint density at radius 2 is 2.05 bits per heavy atom. The maximum Gasteiger partial charge on any atom is 0.242 e. The van der Waals surface area contributed by atoms with Gasteiger partial charge in [0.15, 0.2) is 0 Å². The molecular formula is C14H18BrN5O. The van der Waals surface area contributed by atoms with Crippen molar-refractivity contribution in [1.82, 2.24) is 20.3 Å². The molecule has 112 valence electrons. The van der Waals surface area contributed by atoms with E-state index < -0.39 is 0 Å². The van der Waals surface area contributed by atoms with E-state index in [1.807, 2.05) is 38.1 Å². The Bertz CT molecular complexity index is 608. The zero-order valence-electron chi connectivity index (χ0n) is 12.0. The van der Waals surface area contributed by atoms with E-state index in [1.54, 1.807) is 6.20 Å². The Balaban J connectivity index is 1.93. The molecule has 2 atom stereocenters. The Morgan fingerprint density at radius 3 is 2.62 bits per heavy atom. The van der Waals surface area contributed by atoms with Crippen LogP contribution in [0.25, 0.3) is 0 Å². The van der Waals surface area contributed by atoms with Crippen molar-refractivity contribution in [3.8, 4) is 0 Å². The van der Waals surface area contributed by atoms with E-state index >= 15 is 0 Å². The third-order valence-corrected chi connectivity index (χ3v) is 3.60. The smallest absolute Gasteiger partial charge is 0.242 e. The Kier molecular flexibility index (Phi) is 5.08. The summed E-state index contributed by atoms with van der Waals surface area (Å²) in [6.07, 6.45) is 1.69. The predicted molar refractivity (Wildman–Crippen MR) is 83.3 cm³/mol. The number of hydrogen-bond acceptors (Lipinski definition) is 4. The van der Waals surface area contributed by atoms with Crippen molar-refractivity contribution in [1.29, 1.82) is 0 Å². The lowest BCUT2D eigenvalue weighted by molar-refractivity contribution is -0.122. The lowest BCUT2D eigenvalue weighted by Gasteiger charge is -2.14. The molecule has 0 aliphatic rings. The standard InChI is InChI=1S/C14H18BrN5O/c1-9(16)13-7-20(19-18-13)8-14(21)17-10(2)11-3-5-12(15)6-4-11/h3-7,9-10H,8,16H2,1-2H3,(H,17,21). The van der Waals surface area contributed by atoms with Crippen LogP contribution in [0.2, 0.25) is 0 Å². The number of halogens is 1. The first-order chi connectivity index (χ1) is 9.95. The number of carbonyl (C=O) groups excluding carboxylic acids is 1. The highest BCUT2D eigenvalue weighted by Crippen LogP contribution is 2.16. The fourth-order valence-electron chi connectivity index (χ4n) is 1.87. The zero-order chi connectivity index (χ0) is 15.4. The highest BCUT2D eigenvalue weighted by Gasteiger charge is 2.12. The first-order valence-corrected chi connectivity index (χ1v) is 7.45. The van der Waals surface area contributed by atoms with Gasteiger partial charge in [-0.1, -0.05) is 33.3 Å². The molecule has 21 heavy (non-hydrogen) atoms. The van der Waals surface area contributed by atoms with E-state index in [1.165, 1.54) is 4.68 Å². The molecule has 1 amide bonds. The number of hydrogen-bond donors (Lipinski definition) is 2. The summed E-state index contributed by atoms with van der Waals surface area (Å²) in [4.78, 5) is 12.0. The van der Waals surface area contributed by atoms with Gasteiger partial charge in [0.05, 0.1) is 17.9 Å². The van der Waals surface area contributed by atoms with Crippen molar-refractivity contribution >= 4 is 21.8 Å². The van der Waals surface area contributed by atoms with E-state index in [-0.39, 0.29) is 24.5 Å². The molecule has 0 fully saturated rings. The molecular weight excluding hydrogens is 334 g/mol. The van der Waals surface area contributed by atoms with E-state index in [2.05, 4.69) is 31.6 Å². The molecule has 1 aromatic carbocycles. The SMILES string of the molecule is CC(N)c1cn(CC(=O)NC(C)c2ccc(Br)cc2)nn1. The minimum absolute atomic E-state index is 0.0676. The van der Waals surface area contributed by atoms with Gasteiger partial charge in [0.2, 0.25) is 5.91 Å².